The van der Waals surface area contributed by atoms with Crippen LogP contribution in [0.4, 0.5) is 0 Å². The van der Waals surface area contributed by atoms with E-state index in [1.165, 1.54) is 0 Å². The molecule has 0 aliphatic rings. The van der Waals surface area contributed by atoms with Crippen molar-refractivity contribution in [2.45, 2.75) is 26.9 Å². The van der Waals surface area contributed by atoms with E-state index in [9.17, 15) is 0 Å². The molecule has 0 fully saturated rings. The average molecular weight is 277 g/mol. The minimum absolute atomic E-state index is 0.223. The Labute approximate surface area is 117 Å². The predicted octanol–water partition coefficient (Wildman–Crippen LogP) is 1.32. The Kier molecular flexibility index (Phi) is 14.1. The Morgan fingerprint density at radius 3 is 1.95 bits per heavy atom. The molecule has 0 bridgehead atoms. The van der Waals surface area contributed by atoms with Crippen LogP contribution < -0.4 is 5.32 Å². The summed E-state index contributed by atoms with van der Waals surface area (Å²) >= 11 is 0. The van der Waals surface area contributed by atoms with Gasteiger partial charge in [-0.25, -0.2) is 0 Å². The molecule has 0 aromatic rings. The quantitative estimate of drug-likeness (QED) is 0.485. The minimum atomic E-state index is 0.223. The molecular formula is C14H31NO4. The molecule has 0 saturated carbocycles. The number of hydrogen-bond acceptors (Lipinski definition) is 5. The average Bonchev–Trinajstić information content (AvgIpc) is 2.36. The second-order valence-electron chi connectivity index (χ2n) is 4.95. The van der Waals surface area contributed by atoms with Gasteiger partial charge < -0.3 is 24.3 Å². The van der Waals surface area contributed by atoms with Crippen LogP contribution in [0, 0.1) is 5.92 Å². The molecule has 116 valence electrons. The first-order chi connectivity index (χ1) is 9.16. The Hall–Kier alpha value is -0.200. The lowest BCUT2D eigenvalue weighted by Gasteiger charge is -2.15. The smallest absolute Gasteiger partial charge is 0.0704 e. The van der Waals surface area contributed by atoms with Gasteiger partial charge in [0.05, 0.1) is 45.7 Å². The Morgan fingerprint density at radius 2 is 1.37 bits per heavy atom. The summed E-state index contributed by atoms with van der Waals surface area (Å²) in [7, 11) is 1.66. The van der Waals surface area contributed by atoms with Crippen molar-refractivity contribution in [2.75, 3.05) is 59.8 Å². The van der Waals surface area contributed by atoms with Crippen LogP contribution in [0.25, 0.3) is 0 Å². The highest BCUT2D eigenvalue weighted by atomic mass is 16.6. The summed E-state index contributed by atoms with van der Waals surface area (Å²) in [5.74, 6) is 0.675. The lowest BCUT2D eigenvalue weighted by Crippen LogP contribution is -2.30. The number of rotatable bonds is 14. The molecule has 5 nitrogen and oxygen atoms in total. The molecule has 0 spiro atoms. The fourth-order valence-corrected chi connectivity index (χ4v) is 1.41. The van der Waals surface area contributed by atoms with Crippen LogP contribution in [0.1, 0.15) is 20.8 Å². The minimum Gasteiger partial charge on any atom is -0.382 e. The molecule has 19 heavy (non-hydrogen) atoms. The van der Waals surface area contributed by atoms with Crippen LogP contribution in [-0.4, -0.2) is 65.9 Å². The van der Waals surface area contributed by atoms with E-state index in [2.05, 4.69) is 26.1 Å². The van der Waals surface area contributed by atoms with E-state index in [4.69, 9.17) is 18.9 Å². The molecule has 0 heterocycles. The standard InChI is InChI=1S/C14H31NO4/c1-13(2)11-15-12-14(3)19-10-9-18-8-7-17-6-5-16-4/h13-15H,5-12H2,1-4H3. The fourth-order valence-electron chi connectivity index (χ4n) is 1.41. The van der Waals surface area contributed by atoms with E-state index in [0.29, 0.717) is 45.6 Å². The third-order valence-corrected chi connectivity index (χ3v) is 2.42. The van der Waals surface area contributed by atoms with Crippen LogP contribution in [-0.2, 0) is 18.9 Å². The molecule has 1 atom stereocenters. The van der Waals surface area contributed by atoms with Crippen LogP contribution in [0.15, 0.2) is 0 Å². The van der Waals surface area contributed by atoms with Gasteiger partial charge in [0.2, 0.25) is 0 Å². The Bertz CT molecular complexity index is 179. The molecule has 5 heteroatoms. The lowest BCUT2D eigenvalue weighted by atomic mass is 10.2. The van der Waals surface area contributed by atoms with Crippen molar-refractivity contribution >= 4 is 0 Å². The molecule has 0 radical (unpaired) electrons. The molecule has 0 amide bonds. The van der Waals surface area contributed by atoms with Gasteiger partial charge in [0.1, 0.15) is 0 Å². The second-order valence-corrected chi connectivity index (χ2v) is 4.95. The second kappa shape index (κ2) is 14.2. The zero-order valence-electron chi connectivity index (χ0n) is 12.9. The van der Waals surface area contributed by atoms with Gasteiger partial charge >= 0.3 is 0 Å². The third-order valence-electron chi connectivity index (χ3n) is 2.42. The highest BCUT2D eigenvalue weighted by molar-refractivity contribution is 4.57. The molecule has 0 aromatic heterocycles. The van der Waals surface area contributed by atoms with Gasteiger partial charge in [-0.2, -0.15) is 0 Å². The van der Waals surface area contributed by atoms with Crippen molar-refractivity contribution in [3.63, 3.8) is 0 Å². The number of ether oxygens (including phenoxy) is 4. The maximum atomic E-state index is 5.62. The van der Waals surface area contributed by atoms with E-state index >= 15 is 0 Å². The van der Waals surface area contributed by atoms with E-state index in [-0.39, 0.29) is 6.10 Å². The summed E-state index contributed by atoms with van der Waals surface area (Å²) in [4.78, 5) is 0. The molecule has 0 saturated heterocycles. The van der Waals surface area contributed by atoms with Gasteiger partial charge in [0, 0.05) is 13.7 Å². The third kappa shape index (κ3) is 15.7. The number of nitrogens with one attached hydrogen (secondary N) is 1. The monoisotopic (exact) mass is 277 g/mol. The largest absolute Gasteiger partial charge is 0.382 e. The molecule has 1 N–H and O–H groups in total. The van der Waals surface area contributed by atoms with Crippen molar-refractivity contribution in [3.05, 3.63) is 0 Å². The van der Waals surface area contributed by atoms with Crippen molar-refractivity contribution < 1.29 is 18.9 Å². The van der Waals surface area contributed by atoms with Crippen molar-refractivity contribution in [1.82, 2.24) is 5.32 Å². The summed E-state index contributed by atoms with van der Waals surface area (Å²) in [6.07, 6.45) is 0.223. The van der Waals surface area contributed by atoms with Crippen LogP contribution >= 0.6 is 0 Å². The highest BCUT2D eigenvalue weighted by Crippen LogP contribution is 1.92. The normalized spacial score (nSPS) is 13.1. The Balaban J connectivity index is 3.12. The Morgan fingerprint density at radius 1 is 0.789 bits per heavy atom. The molecule has 0 rings (SSSR count). The fraction of sp³-hybridized carbons (Fsp3) is 1.00. The van der Waals surface area contributed by atoms with E-state index in [0.717, 1.165) is 13.1 Å². The summed E-state index contributed by atoms with van der Waals surface area (Å²) in [5.41, 5.74) is 0. The van der Waals surface area contributed by atoms with Crippen LogP contribution in [0.2, 0.25) is 0 Å². The molecule has 1 unspecified atom stereocenters. The van der Waals surface area contributed by atoms with Gasteiger partial charge in [-0.1, -0.05) is 13.8 Å². The molecular weight excluding hydrogens is 246 g/mol. The first kappa shape index (κ1) is 18.8. The number of hydrogen-bond donors (Lipinski definition) is 1. The van der Waals surface area contributed by atoms with Crippen LogP contribution in [0.3, 0.4) is 0 Å². The summed E-state index contributed by atoms with van der Waals surface area (Å²) in [6.45, 7) is 12.1. The van der Waals surface area contributed by atoms with Crippen LogP contribution in [0.5, 0.6) is 0 Å². The van der Waals surface area contributed by atoms with E-state index in [1.54, 1.807) is 7.11 Å². The maximum Gasteiger partial charge on any atom is 0.0704 e. The van der Waals surface area contributed by atoms with Gasteiger partial charge in [-0.3, -0.25) is 0 Å². The molecule has 0 aromatic carbocycles. The van der Waals surface area contributed by atoms with Gasteiger partial charge in [-0.15, -0.1) is 0 Å². The highest BCUT2D eigenvalue weighted by Gasteiger charge is 2.02. The lowest BCUT2D eigenvalue weighted by molar-refractivity contribution is -0.0116. The van der Waals surface area contributed by atoms with Gasteiger partial charge in [0.15, 0.2) is 0 Å². The first-order valence-electron chi connectivity index (χ1n) is 7.13. The topological polar surface area (TPSA) is 49.0 Å². The number of methoxy groups -OCH3 is 1. The van der Waals surface area contributed by atoms with E-state index < -0.39 is 0 Å². The first-order valence-corrected chi connectivity index (χ1v) is 7.13. The van der Waals surface area contributed by atoms with E-state index in [1.807, 2.05) is 0 Å². The summed E-state index contributed by atoms with van der Waals surface area (Å²) in [5, 5.41) is 3.37. The van der Waals surface area contributed by atoms with Crippen molar-refractivity contribution in [3.8, 4) is 0 Å². The zero-order chi connectivity index (χ0) is 14.3. The SMILES string of the molecule is COCCOCCOCCOC(C)CNCC(C)C. The summed E-state index contributed by atoms with van der Waals surface area (Å²) < 4.78 is 21.2. The van der Waals surface area contributed by atoms with Gasteiger partial charge in [0.25, 0.3) is 0 Å². The van der Waals surface area contributed by atoms with Gasteiger partial charge in [-0.05, 0) is 19.4 Å². The molecule has 0 aliphatic heterocycles. The molecule has 0 aliphatic carbocycles. The predicted molar refractivity (Wildman–Crippen MR) is 76.6 cm³/mol. The zero-order valence-corrected chi connectivity index (χ0v) is 12.9. The van der Waals surface area contributed by atoms with Crippen molar-refractivity contribution in [2.24, 2.45) is 5.92 Å². The summed E-state index contributed by atoms with van der Waals surface area (Å²) in [6, 6.07) is 0. The van der Waals surface area contributed by atoms with Crippen molar-refractivity contribution in [1.29, 1.82) is 0 Å². The maximum absolute atomic E-state index is 5.62.